The Morgan fingerprint density at radius 2 is 2.07 bits per heavy atom. The van der Waals surface area contributed by atoms with Gasteiger partial charge in [-0.05, 0) is 19.3 Å². The van der Waals surface area contributed by atoms with Crippen molar-refractivity contribution in [1.82, 2.24) is 0 Å². The predicted octanol–water partition coefficient (Wildman–Crippen LogP) is 0.913. The van der Waals surface area contributed by atoms with Crippen molar-refractivity contribution in [1.29, 1.82) is 0 Å². The SMILES string of the molecule is C=C1C(=O)O[C@H]2[C@@H]1[C@H](OC(=O)[C@](C)(O)CCl)CC(=C)[C@H]1C[C@@H](O)[C@@](O)(CCl)[C@@H]21. The van der Waals surface area contributed by atoms with Crippen molar-refractivity contribution in [2.45, 2.75) is 49.3 Å². The lowest BCUT2D eigenvalue weighted by atomic mass is 9.76. The fourth-order valence-electron chi connectivity index (χ4n) is 4.58. The van der Waals surface area contributed by atoms with E-state index >= 15 is 0 Å². The van der Waals surface area contributed by atoms with Gasteiger partial charge in [0.05, 0.1) is 23.8 Å². The van der Waals surface area contributed by atoms with E-state index < -0.39 is 53.3 Å². The maximum atomic E-state index is 12.4. The molecule has 2 saturated carbocycles. The molecule has 0 unspecified atom stereocenters. The van der Waals surface area contributed by atoms with Crippen molar-refractivity contribution in [3.8, 4) is 0 Å². The fourth-order valence-corrected chi connectivity index (χ4v) is 5.05. The van der Waals surface area contributed by atoms with Crippen molar-refractivity contribution in [2.75, 3.05) is 11.8 Å². The molecule has 0 radical (unpaired) electrons. The van der Waals surface area contributed by atoms with Gasteiger partial charge in [0.2, 0.25) is 0 Å². The molecule has 0 bridgehead atoms. The van der Waals surface area contributed by atoms with Gasteiger partial charge in [0.15, 0.2) is 5.60 Å². The van der Waals surface area contributed by atoms with E-state index in [2.05, 4.69) is 13.2 Å². The normalized spacial score (nSPS) is 42.3. The monoisotopic (exact) mass is 434 g/mol. The van der Waals surface area contributed by atoms with Gasteiger partial charge in [-0.1, -0.05) is 18.7 Å². The topological polar surface area (TPSA) is 113 Å². The van der Waals surface area contributed by atoms with E-state index in [-0.39, 0.29) is 36.1 Å². The number of aliphatic hydroxyl groups excluding tert-OH is 1. The maximum absolute atomic E-state index is 12.4. The fraction of sp³-hybridized carbons (Fsp3) is 0.684. The Hall–Kier alpha value is -1.12. The van der Waals surface area contributed by atoms with E-state index in [4.69, 9.17) is 32.7 Å². The third-order valence-electron chi connectivity index (χ3n) is 6.24. The van der Waals surface area contributed by atoms with Crippen LogP contribution in [0.15, 0.2) is 24.3 Å². The molecule has 0 aromatic heterocycles. The first-order valence-electron chi connectivity index (χ1n) is 9.01. The van der Waals surface area contributed by atoms with E-state index in [1.165, 1.54) is 6.92 Å². The van der Waals surface area contributed by atoms with Crippen LogP contribution in [0.4, 0.5) is 0 Å². The minimum absolute atomic E-state index is 0.0973. The highest BCUT2D eigenvalue weighted by molar-refractivity contribution is 6.20. The summed E-state index contributed by atoms with van der Waals surface area (Å²) < 4.78 is 11.0. The van der Waals surface area contributed by atoms with Crippen molar-refractivity contribution in [3.05, 3.63) is 24.3 Å². The molecule has 156 valence electrons. The van der Waals surface area contributed by atoms with Gasteiger partial charge in [-0.3, -0.25) is 0 Å². The summed E-state index contributed by atoms with van der Waals surface area (Å²) in [6.45, 7) is 9.05. The highest BCUT2D eigenvalue weighted by Crippen LogP contribution is 2.55. The van der Waals surface area contributed by atoms with Crippen LogP contribution in [0.1, 0.15) is 19.8 Å². The Kier molecular flexibility index (Phi) is 5.62. The molecule has 0 aromatic rings. The molecule has 1 aliphatic heterocycles. The first-order chi connectivity index (χ1) is 13.0. The highest BCUT2D eigenvalue weighted by Gasteiger charge is 2.64. The molecule has 8 atom stereocenters. The number of ether oxygens (including phenoxy) is 2. The maximum Gasteiger partial charge on any atom is 0.339 e. The summed E-state index contributed by atoms with van der Waals surface area (Å²) in [5.74, 6) is -4.11. The number of aliphatic hydroxyl groups is 3. The van der Waals surface area contributed by atoms with Crippen LogP contribution in [-0.4, -0.2) is 68.5 Å². The molecule has 2 aliphatic carbocycles. The molecule has 3 rings (SSSR count). The summed E-state index contributed by atoms with van der Waals surface area (Å²) in [5, 5.41) is 31.6. The molecule has 3 aliphatic rings. The number of fused-ring (bicyclic) bond motifs is 3. The summed E-state index contributed by atoms with van der Waals surface area (Å²) in [6, 6.07) is 0. The second-order valence-corrected chi connectivity index (χ2v) is 8.68. The minimum atomic E-state index is -1.90. The summed E-state index contributed by atoms with van der Waals surface area (Å²) in [6.07, 6.45) is -2.54. The number of hydrogen-bond donors (Lipinski definition) is 3. The summed E-state index contributed by atoms with van der Waals surface area (Å²) in [7, 11) is 0. The average Bonchev–Trinajstić information content (AvgIpc) is 3.04. The molecule has 1 heterocycles. The Morgan fingerprint density at radius 1 is 1.43 bits per heavy atom. The smallest absolute Gasteiger partial charge is 0.339 e. The number of carbonyl (C=O) groups excluding carboxylic acids is 2. The van der Waals surface area contributed by atoms with Crippen LogP contribution in [0.3, 0.4) is 0 Å². The van der Waals surface area contributed by atoms with Crippen LogP contribution in [0.5, 0.6) is 0 Å². The average molecular weight is 435 g/mol. The van der Waals surface area contributed by atoms with Gasteiger partial charge in [-0.15, -0.1) is 23.2 Å². The predicted molar refractivity (Wildman–Crippen MR) is 101 cm³/mol. The van der Waals surface area contributed by atoms with Gasteiger partial charge >= 0.3 is 11.9 Å². The van der Waals surface area contributed by atoms with Crippen LogP contribution < -0.4 is 0 Å². The first kappa shape index (κ1) is 21.6. The molecule has 7 nitrogen and oxygen atoms in total. The van der Waals surface area contributed by atoms with Gasteiger partial charge in [-0.25, -0.2) is 9.59 Å². The summed E-state index contributed by atoms with van der Waals surface area (Å²) >= 11 is 11.6. The summed E-state index contributed by atoms with van der Waals surface area (Å²) in [4.78, 5) is 24.6. The Bertz CT molecular complexity index is 721. The Balaban J connectivity index is 2.01. The quantitative estimate of drug-likeness (QED) is 0.260. The zero-order valence-electron chi connectivity index (χ0n) is 15.4. The van der Waals surface area contributed by atoms with Gasteiger partial charge in [0, 0.05) is 17.9 Å². The second-order valence-electron chi connectivity index (χ2n) is 8.14. The van der Waals surface area contributed by atoms with Gasteiger partial charge in [-0.2, -0.15) is 0 Å². The van der Waals surface area contributed by atoms with Crippen LogP contribution in [-0.2, 0) is 19.1 Å². The highest BCUT2D eigenvalue weighted by atomic mass is 35.5. The molecule has 0 amide bonds. The molecule has 0 aromatic carbocycles. The second kappa shape index (κ2) is 7.29. The Labute approximate surface area is 172 Å². The number of rotatable bonds is 4. The number of carbonyl (C=O) groups is 2. The third-order valence-corrected chi connectivity index (χ3v) is 7.19. The number of halogens is 2. The van der Waals surface area contributed by atoms with Crippen molar-refractivity contribution < 1.29 is 34.4 Å². The molecule has 0 spiro atoms. The molecule has 9 heteroatoms. The zero-order valence-corrected chi connectivity index (χ0v) is 16.9. The van der Waals surface area contributed by atoms with Gasteiger partial charge < -0.3 is 24.8 Å². The van der Waals surface area contributed by atoms with E-state index in [1.807, 2.05) is 0 Å². The van der Waals surface area contributed by atoms with Gasteiger partial charge in [0.25, 0.3) is 0 Å². The first-order valence-corrected chi connectivity index (χ1v) is 10.1. The van der Waals surface area contributed by atoms with Crippen molar-refractivity contribution >= 4 is 35.1 Å². The molecule has 3 N–H and O–H groups in total. The number of hydrogen-bond acceptors (Lipinski definition) is 7. The molecular weight excluding hydrogens is 411 g/mol. The number of esters is 2. The van der Waals surface area contributed by atoms with E-state index in [1.54, 1.807) is 0 Å². The van der Waals surface area contributed by atoms with Crippen LogP contribution >= 0.6 is 23.2 Å². The van der Waals surface area contributed by atoms with Crippen molar-refractivity contribution in [2.24, 2.45) is 17.8 Å². The number of alkyl halides is 2. The van der Waals surface area contributed by atoms with E-state index in [9.17, 15) is 24.9 Å². The largest absolute Gasteiger partial charge is 0.459 e. The molecule has 28 heavy (non-hydrogen) atoms. The van der Waals surface area contributed by atoms with Crippen LogP contribution in [0, 0.1) is 17.8 Å². The van der Waals surface area contributed by atoms with E-state index in [0.717, 1.165) is 0 Å². The van der Waals surface area contributed by atoms with E-state index in [0.29, 0.717) is 5.57 Å². The summed E-state index contributed by atoms with van der Waals surface area (Å²) in [5.41, 5.74) is -2.87. The molecular formula is C19H24Cl2O7. The van der Waals surface area contributed by atoms with Gasteiger partial charge in [0.1, 0.15) is 17.8 Å². The lowest BCUT2D eigenvalue weighted by Gasteiger charge is -2.37. The van der Waals surface area contributed by atoms with Crippen LogP contribution in [0.25, 0.3) is 0 Å². The molecule has 1 saturated heterocycles. The Morgan fingerprint density at radius 3 is 2.64 bits per heavy atom. The minimum Gasteiger partial charge on any atom is -0.459 e. The standard InChI is InChI=1S/C19H24Cl2O7/c1-8-4-11(27-17(24)18(3,25)6-20)13-9(2)16(23)28-15(13)14-10(8)5-12(22)19(14,26)7-21/h10-15,22,25-26H,1-2,4-7H2,3H3/t10-,11-,12-,13+,14-,15+,18-,19+/m1/s1. The zero-order chi connectivity index (χ0) is 21.0. The lowest BCUT2D eigenvalue weighted by Crippen LogP contribution is -2.52. The third kappa shape index (κ3) is 3.17. The molecule has 3 fully saturated rings. The van der Waals surface area contributed by atoms with Crippen LogP contribution in [0.2, 0.25) is 0 Å². The van der Waals surface area contributed by atoms with Crippen molar-refractivity contribution in [3.63, 3.8) is 0 Å². The lowest BCUT2D eigenvalue weighted by molar-refractivity contribution is -0.172.